The van der Waals surface area contributed by atoms with E-state index < -0.39 is 0 Å². The van der Waals surface area contributed by atoms with Gasteiger partial charge in [-0.2, -0.15) is 10.2 Å². The van der Waals surface area contributed by atoms with Gasteiger partial charge < -0.3 is 10.1 Å². The molecule has 1 saturated carbocycles. The molecule has 0 radical (unpaired) electrons. The van der Waals surface area contributed by atoms with Gasteiger partial charge in [0.15, 0.2) is 0 Å². The highest BCUT2D eigenvalue weighted by Gasteiger charge is 2.27. The van der Waals surface area contributed by atoms with E-state index in [1.165, 1.54) is 0 Å². The minimum atomic E-state index is 0.194. The van der Waals surface area contributed by atoms with E-state index in [0.717, 1.165) is 65.2 Å². The summed E-state index contributed by atoms with van der Waals surface area (Å²) in [5.41, 5.74) is 4.02. The normalized spacial score (nSPS) is 18.9. The van der Waals surface area contributed by atoms with Crippen molar-refractivity contribution in [1.29, 1.82) is 0 Å². The van der Waals surface area contributed by atoms with Crippen LogP contribution in [0.4, 0.5) is 5.82 Å². The van der Waals surface area contributed by atoms with Gasteiger partial charge in [0.05, 0.1) is 17.8 Å². The van der Waals surface area contributed by atoms with Crippen LogP contribution in [0.15, 0.2) is 42.9 Å². The highest BCUT2D eigenvalue weighted by Crippen LogP contribution is 2.36. The largest absolute Gasteiger partial charge is 0.474 e. The maximum atomic E-state index is 6.15. The fourth-order valence-electron chi connectivity index (χ4n) is 4.37. The van der Waals surface area contributed by atoms with Crippen LogP contribution in [0.2, 0.25) is 0 Å². The first-order chi connectivity index (χ1) is 15.1. The van der Waals surface area contributed by atoms with Gasteiger partial charge in [-0.1, -0.05) is 6.07 Å². The van der Waals surface area contributed by atoms with E-state index in [9.17, 15) is 0 Å². The molecule has 0 unspecified atom stereocenters. The third-order valence-electron chi connectivity index (χ3n) is 5.97. The predicted octanol–water partition coefficient (Wildman–Crippen LogP) is 4.14. The summed E-state index contributed by atoms with van der Waals surface area (Å²) in [6.07, 6.45) is 9.94. The van der Waals surface area contributed by atoms with Crippen LogP contribution in [0.1, 0.15) is 37.4 Å². The number of fused-ring (bicyclic) bond motifs is 1. The molecule has 4 aromatic rings. The predicted molar refractivity (Wildman–Crippen MR) is 120 cm³/mol. The first-order valence-electron chi connectivity index (χ1n) is 10.8. The monoisotopic (exact) mass is 417 g/mol. The second-order valence-corrected chi connectivity index (χ2v) is 8.20. The molecule has 1 fully saturated rings. The van der Waals surface area contributed by atoms with Crippen LogP contribution in [-0.2, 0) is 7.05 Å². The molecule has 160 valence electrons. The highest BCUT2D eigenvalue weighted by atomic mass is 16.5. The summed E-state index contributed by atoms with van der Waals surface area (Å²) >= 11 is 0. The molecule has 1 aliphatic rings. The van der Waals surface area contributed by atoms with Gasteiger partial charge in [0.1, 0.15) is 17.6 Å². The number of aromatic nitrogens is 6. The van der Waals surface area contributed by atoms with Gasteiger partial charge in [-0.25, -0.2) is 9.97 Å². The van der Waals surface area contributed by atoms with Gasteiger partial charge in [0.25, 0.3) is 0 Å². The van der Waals surface area contributed by atoms with Crippen molar-refractivity contribution in [3.63, 3.8) is 0 Å². The third kappa shape index (κ3) is 3.85. The molecular weight excluding hydrogens is 390 g/mol. The zero-order valence-corrected chi connectivity index (χ0v) is 18.1. The average molecular weight is 418 g/mol. The summed E-state index contributed by atoms with van der Waals surface area (Å²) in [6.45, 7) is 1.99. The van der Waals surface area contributed by atoms with E-state index in [-0.39, 0.29) is 6.10 Å². The molecule has 0 atom stereocenters. The fraction of sp³-hybridized carbons (Fsp3) is 0.391. The maximum absolute atomic E-state index is 6.15. The van der Waals surface area contributed by atoms with Crippen LogP contribution < -0.4 is 10.1 Å². The second kappa shape index (κ2) is 8.02. The van der Waals surface area contributed by atoms with Crippen molar-refractivity contribution in [1.82, 2.24) is 29.5 Å². The van der Waals surface area contributed by atoms with Crippen LogP contribution in [0.3, 0.4) is 0 Å². The van der Waals surface area contributed by atoms with Crippen molar-refractivity contribution in [2.45, 2.75) is 44.8 Å². The van der Waals surface area contributed by atoms with Gasteiger partial charge >= 0.3 is 0 Å². The van der Waals surface area contributed by atoms with Crippen LogP contribution in [0.25, 0.3) is 22.2 Å². The van der Waals surface area contributed by atoms with Gasteiger partial charge in [-0.15, -0.1) is 0 Å². The number of aryl methyl sites for hydroxylation is 2. The summed E-state index contributed by atoms with van der Waals surface area (Å²) in [5.74, 6) is 1.56. The van der Waals surface area contributed by atoms with Crippen LogP contribution in [0, 0.1) is 6.92 Å². The van der Waals surface area contributed by atoms with Gasteiger partial charge in [0.2, 0.25) is 5.88 Å². The van der Waals surface area contributed by atoms with Crippen LogP contribution in [-0.4, -0.2) is 42.7 Å². The Morgan fingerprint density at radius 3 is 2.68 bits per heavy atom. The molecule has 0 saturated heterocycles. The molecule has 8 heteroatoms. The number of nitrogens with one attached hydrogen (secondary N) is 1. The lowest BCUT2D eigenvalue weighted by atomic mass is 9.93. The molecule has 8 nitrogen and oxygen atoms in total. The zero-order chi connectivity index (χ0) is 21.4. The SMILES string of the molecule is CNc1cc2c(cn1)c(-c1cnn(C)c1)nn2[C@H]1CC[C@@H](Oc2cccc(C)n2)CC1. The molecule has 4 heterocycles. The Bertz CT molecular complexity index is 1200. The average Bonchev–Trinajstić information content (AvgIpc) is 3.37. The van der Waals surface area contributed by atoms with E-state index in [0.29, 0.717) is 6.04 Å². The van der Waals surface area contributed by atoms with Gasteiger partial charge in [-0.3, -0.25) is 9.36 Å². The van der Waals surface area contributed by atoms with Crippen molar-refractivity contribution in [3.8, 4) is 17.1 Å². The number of pyridine rings is 2. The lowest BCUT2D eigenvalue weighted by Crippen LogP contribution is -2.26. The molecule has 31 heavy (non-hydrogen) atoms. The van der Waals surface area contributed by atoms with Crippen molar-refractivity contribution < 1.29 is 4.74 Å². The molecule has 5 rings (SSSR count). The summed E-state index contributed by atoms with van der Waals surface area (Å²) in [4.78, 5) is 9.01. The molecule has 0 amide bonds. The first-order valence-corrected chi connectivity index (χ1v) is 10.8. The molecule has 1 aliphatic carbocycles. The number of hydrogen-bond acceptors (Lipinski definition) is 6. The number of ether oxygens (including phenoxy) is 1. The molecule has 0 aliphatic heterocycles. The highest BCUT2D eigenvalue weighted by molar-refractivity contribution is 5.93. The minimum absolute atomic E-state index is 0.194. The molecule has 0 spiro atoms. The number of anilines is 1. The number of nitrogens with zero attached hydrogens (tertiary/aromatic N) is 6. The second-order valence-electron chi connectivity index (χ2n) is 8.20. The standard InChI is InChI=1S/C23H27N7O/c1-15-5-4-6-22(27-15)31-18-9-7-17(8-10-18)30-20-11-21(24-2)25-13-19(20)23(28-30)16-12-26-29(3)14-16/h4-6,11-14,17-18H,7-10H2,1-3H3,(H,24,25)/t17-,18+. The number of hydrogen-bond donors (Lipinski definition) is 1. The van der Waals surface area contributed by atoms with Crippen LogP contribution >= 0.6 is 0 Å². The third-order valence-corrected chi connectivity index (χ3v) is 5.97. The van der Waals surface area contributed by atoms with E-state index in [1.54, 1.807) is 4.68 Å². The van der Waals surface area contributed by atoms with E-state index in [4.69, 9.17) is 9.84 Å². The van der Waals surface area contributed by atoms with Gasteiger partial charge in [-0.05, 0) is 38.7 Å². The Morgan fingerprint density at radius 2 is 1.97 bits per heavy atom. The Hall–Kier alpha value is -3.42. The Morgan fingerprint density at radius 1 is 1.13 bits per heavy atom. The van der Waals surface area contributed by atoms with Crippen LogP contribution in [0.5, 0.6) is 5.88 Å². The van der Waals surface area contributed by atoms with E-state index >= 15 is 0 Å². The molecule has 4 aromatic heterocycles. The zero-order valence-electron chi connectivity index (χ0n) is 18.1. The van der Waals surface area contributed by atoms with Crippen molar-refractivity contribution in [2.75, 3.05) is 12.4 Å². The lowest BCUT2D eigenvalue weighted by molar-refractivity contribution is 0.125. The smallest absolute Gasteiger partial charge is 0.213 e. The Kier molecular flexibility index (Phi) is 5.05. The van der Waals surface area contributed by atoms with E-state index in [2.05, 4.69) is 31.1 Å². The summed E-state index contributed by atoms with van der Waals surface area (Å²) in [6, 6.07) is 8.33. The molecule has 0 aromatic carbocycles. The first kappa shape index (κ1) is 19.5. The van der Waals surface area contributed by atoms with Crippen molar-refractivity contribution >= 4 is 16.7 Å². The molecular formula is C23H27N7O. The van der Waals surface area contributed by atoms with Crippen molar-refractivity contribution in [2.24, 2.45) is 7.05 Å². The lowest BCUT2D eigenvalue weighted by Gasteiger charge is -2.29. The van der Waals surface area contributed by atoms with Crippen molar-refractivity contribution in [3.05, 3.63) is 48.5 Å². The Labute approximate surface area is 181 Å². The summed E-state index contributed by atoms with van der Waals surface area (Å²) < 4.78 is 10.1. The summed E-state index contributed by atoms with van der Waals surface area (Å²) in [5, 5.41) is 13.6. The quantitative estimate of drug-likeness (QED) is 0.525. The maximum Gasteiger partial charge on any atom is 0.213 e. The minimum Gasteiger partial charge on any atom is -0.474 e. The van der Waals surface area contributed by atoms with Gasteiger partial charge in [0, 0.05) is 55.3 Å². The fourth-order valence-corrected chi connectivity index (χ4v) is 4.37. The molecule has 1 N–H and O–H groups in total. The summed E-state index contributed by atoms with van der Waals surface area (Å²) in [7, 11) is 3.81. The molecule has 0 bridgehead atoms. The number of rotatable bonds is 5. The van der Waals surface area contributed by atoms with E-state index in [1.807, 2.05) is 57.8 Å². The topological polar surface area (TPSA) is 82.7 Å². The Balaban J connectivity index is 1.41.